The number of aromatic nitrogens is 1. The number of carbonyl (C=O) groups excluding carboxylic acids is 1. The van der Waals surface area contributed by atoms with Crippen LogP contribution in [0.2, 0.25) is 0 Å². The Kier molecular flexibility index (Phi) is 5.75. The minimum absolute atomic E-state index is 0.335. The summed E-state index contributed by atoms with van der Waals surface area (Å²) in [7, 11) is -2.38. The summed E-state index contributed by atoms with van der Waals surface area (Å²) in [4.78, 5) is 11.6. The number of ether oxygens (including phenoxy) is 1. The Hall–Kier alpha value is -1.41. The molecule has 0 aliphatic rings. The predicted molar refractivity (Wildman–Crippen MR) is 81.9 cm³/mol. The standard InChI is InChI=1S/C14H24N2O5S/c1-9(7-12-10(2)15-21-11(12)3)16-22(18,19)8-14(4,5)13(17)20-6/h9,16H,7-8H2,1-6H3. The van der Waals surface area contributed by atoms with Crippen LogP contribution in [0.5, 0.6) is 0 Å². The van der Waals surface area contributed by atoms with Crippen LogP contribution in [0.4, 0.5) is 0 Å². The first-order valence-corrected chi connectivity index (χ1v) is 8.64. The van der Waals surface area contributed by atoms with Crippen LogP contribution >= 0.6 is 0 Å². The first-order chi connectivity index (χ1) is 9.98. The zero-order chi connectivity index (χ0) is 17.1. The van der Waals surface area contributed by atoms with E-state index in [1.54, 1.807) is 13.8 Å². The highest BCUT2D eigenvalue weighted by Crippen LogP contribution is 2.20. The van der Waals surface area contributed by atoms with Crippen LogP contribution in [0.15, 0.2) is 4.52 Å². The summed E-state index contributed by atoms with van der Waals surface area (Å²) >= 11 is 0. The van der Waals surface area contributed by atoms with Gasteiger partial charge in [0.05, 0.1) is 24.0 Å². The second-order valence-electron chi connectivity index (χ2n) is 6.16. The van der Waals surface area contributed by atoms with Crippen molar-refractivity contribution in [3.63, 3.8) is 0 Å². The quantitative estimate of drug-likeness (QED) is 0.757. The van der Waals surface area contributed by atoms with Gasteiger partial charge >= 0.3 is 5.97 Å². The number of hydrogen-bond acceptors (Lipinski definition) is 6. The zero-order valence-electron chi connectivity index (χ0n) is 13.9. The fraction of sp³-hybridized carbons (Fsp3) is 0.714. The van der Waals surface area contributed by atoms with Gasteiger partial charge in [-0.2, -0.15) is 0 Å². The fourth-order valence-electron chi connectivity index (χ4n) is 2.30. The number of sulfonamides is 1. The highest BCUT2D eigenvalue weighted by Gasteiger charge is 2.35. The molecule has 0 amide bonds. The van der Waals surface area contributed by atoms with Crippen LogP contribution in [-0.4, -0.2) is 38.4 Å². The van der Waals surface area contributed by atoms with Crippen LogP contribution in [0.3, 0.4) is 0 Å². The molecule has 126 valence electrons. The van der Waals surface area contributed by atoms with Gasteiger partial charge in [-0.15, -0.1) is 0 Å². The Morgan fingerprint density at radius 1 is 1.41 bits per heavy atom. The summed E-state index contributed by atoms with van der Waals surface area (Å²) in [5, 5.41) is 3.85. The molecule has 1 rings (SSSR count). The molecule has 0 spiro atoms. The number of esters is 1. The Morgan fingerprint density at radius 3 is 2.45 bits per heavy atom. The minimum atomic E-state index is -3.62. The van der Waals surface area contributed by atoms with Crippen molar-refractivity contribution < 1.29 is 22.5 Å². The molecule has 0 radical (unpaired) electrons. The van der Waals surface area contributed by atoms with Gasteiger partial charge in [0.15, 0.2) is 0 Å². The van der Waals surface area contributed by atoms with Gasteiger partial charge in [0.25, 0.3) is 0 Å². The first-order valence-electron chi connectivity index (χ1n) is 6.98. The van der Waals surface area contributed by atoms with Crippen molar-refractivity contribution in [2.75, 3.05) is 12.9 Å². The summed E-state index contributed by atoms with van der Waals surface area (Å²) in [6, 6.07) is -0.338. The maximum Gasteiger partial charge on any atom is 0.312 e. The van der Waals surface area contributed by atoms with Gasteiger partial charge in [-0.1, -0.05) is 5.16 Å². The maximum atomic E-state index is 12.2. The molecule has 7 nitrogen and oxygen atoms in total. The molecule has 1 aromatic rings. The smallest absolute Gasteiger partial charge is 0.312 e. The van der Waals surface area contributed by atoms with E-state index < -0.39 is 21.4 Å². The monoisotopic (exact) mass is 332 g/mol. The van der Waals surface area contributed by atoms with Gasteiger partial charge in [0, 0.05) is 11.6 Å². The summed E-state index contributed by atoms with van der Waals surface area (Å²) in [6.45, 7) is 8.44. The number of rotatable bonds is 7. The second kappa shape index (κ2) is 6.78. The number of carbonyl (C=O) groups is 1. The Labute approximate surface area is 131 Å². The second-order valence-corrected chi connectivity index (χ2v) is 7.91. The highest BCUT2D eigenvalue weighted by atomic mass is 32.2. The van der Waals surface area contributed by atoms with Gasteiger partial charge in [0.1, 0.15) is 5.76 Å². The molecule has 1 heterocycles. The molecule has 0 fully saturated rings. The summed E-state index contributed by atoms with van der Waals surface area (Å²) in [6.07, 6.45) is 0.471. The lowest BCUT2D eigenvalue weighted by Crippen LogP contribution is -2.42. The minimum Gasteiger partial charge on any atom is -0.469 e. The van der Waals surface area contributed by atoms with E-state index in [0.29, 0.717) is 12.2 Å². The van der Waals surface area contributed by atoms with Crippen LogP contribution < -0.4 is 4.72 Å². The zero-order valence-corrected chi connectivity index (χ0v) is 14.7. The van der Waals surface area contributed by atoms with E-state index in [-0.39, 0.29) is 11.8 Å². The lowest BCUT2D eigenvalue weighted by molar-refractivity contribution is -0.149. The van der Waals surface area contributed by atoms with Gasteiger partial charge in [-0.05, 0) is 41.0 Å². The van der Waals surface area contributed by atoms with Crippen molar-refractivity contribution in [2.24, 2.45) is 5.41 Å². The van der Waals surface area contributed by atoms with Crippen molar-refractivity contribution >= 4 is 16.0 Å². The molecular weight excluding hydrogens is 308 g/mol. The third kappa shape index (κ3) is 4.81. The van der Waals surface area contributed by atoms with Gasteiger partial charge in [-0.25, -0.2) is 13.1 Å². The molecule has 1 aromatic heterocycles. The van der Waals surface area contributed by atoms with Gasteiger partial charge < -0.3 is 9.26 Å². The SMILES string of the molecule is COC(=O)C(C)(C)CS(=O)(=O)NC(C)Cc1c(C)noc1C. The molecule has 0 aliphatic heterocycles. The van der Waals surface area contributed by atoms with E-state index in [2.05, 4.69) is 14.6 Å². The molecule has 22 heavy (non-hydrogen) atoms. The lowest BCUT2D eigenvalue weighted by atomic mass is 9.97. The number of aryl methyl sites for hydroxylation is 2. The molecular formula is C14H24N2O5S. The van der Waals surface area contributed by atoms with Crippen LogP contribution in [0.25, 0.3) is 0 Å². The third-order valence-corrected chi connectivity index (χ3v) is 5.22. The number of nitrogens with zero attached hydrogens (tertiary/aromatic N) is 1. The molecule has 0 aliphatic carbocycles. The van der Waals surface area contributed by atoms with Crippen molar-refractivity contribution in [2.45, 2.75) is 47.1 Å². The van der Waals surface area contributed by atoms with E-state index in [9.17, 15) is 13.2 Å². The number of methoxy groups -OCH3 is 1. The third-order valence-electron chi connectivity index (χ3n) is 3.36. The van der Waals surface area contributed by atoms with Gasteiger partial charge in [-0.3, -0.25) is 4.79 Å². The molecule has 1 N–H and O–H groups in total. The van der Waals surface area contributed by atoms with Crippen molar-refractivity contribution in [3.05, 3.63) is 17.0 Å². The summed E-state index contributed by atoms with van der Waals surface area (Å²) < 4.78 is 36.7. The Bertz CT molecular complexity index is 614. The molecule has 8 heteroatoms. The van der Waals surface area contributed by atoms with E-state index in [0.717, 1.165) is 11.3 Å². The highest BCUT2D eigenvalue weighted by molar-refractivity contribution is 7.89. The van der Waals surface area contributed by atoms with Gasteiger partial charge in [0.2, 0.25) is 10.0 Å². The van der Waals surface area contributed by atoms with E-state index >= 15 is 0 Å². The predicted octanol–water partition coefficient (Wildman–Crippen LogP) is 1.34. The average Bonchev–Trinajstić information content (AvgIpc) is 2.67. The molecule has 0 saturated carbocycles. The Balaban J connectivity index is 2.74. The molecule has 0 aromatic carbocycles. The van der Waals surface area contributed by atoms with Crippen molar-refractivity contribution in [1.29, 1.82) is 0 Å². The Morgan fingerprint density at radius 2 is 2.00 bits per heavy atom. The van der Waals surface area contributed by atoms with Crippen molar-refractivity contribution in [3.8, 4) is 0 Å². The molecule has 0 saturated heterocycles. The molecule has 1 unspecified atom stereocenters. The number of nitrogens with one attached hydrogen (secondary N) is 1. The normalized spacial score (nSPS) is 13.9. The van der Waals surface area contributed by atoms with Crippen molar-refractivity contribution in [1.82, 2.24) is 9.88 Å². The summed E-state index contributed by atoms with van der Waals surface area (Å²) in [5.41, 5.74) is 0.532. The topological polar surface area (TPSA) is 98.5 Å². The van der Waals surface area contributed by atoms with Crippen LogP contribution in [-0.2, 0) is 26.0 Å². The van der Waals surface area contributed by atoms with E-state index in [4.69, 9.17) is 4.52 Å². The lowest BCUT2D eigenvalue weighted by Gasteiger charge is -2.23. The van der Waals surface area contributed by atoms with Crippen LogP contribution in [0, 0.1) is 19.3 Å². The van der Waals surface area contributed by atoms with Crippen LogP contribution in [0.1, 0.15) is 37.8 Å². The van der Waals surface area contributed by atoms with E-state index in [1.807, 2.05) is 6.92 Å². The number of hydrogen-bond donors (Lipinski definition) is 1. The average molecular weight is 332 g/mol. The molecule has 0 bridgehead atoms. The fourth-order valence-corrected chi connectivity index (χ4v) is 4.15. The first kappa shape index (κ1) is 18.6. The molecule has 1 atom stereocenters. The largest absolute Gasteiger partial charge is 0.469 e. The van der Waals surface area contributed by atoms with E-state index in [1.165, 1.54) is 21.0 Å². The maximum absolute atomic E-state index is 12.2. The summed E-state index contributed by atoms with van der Waals surface area (Å²) in [5.74, 6) is -0.215.